The van der Waals surface area contributed by atoms with E-state index in [4.69, 9.17) is 16.5 Å². The van der Waals surface area contributed by atoms with Crippen LogP contribution in [0.25, 0.3) is 0 Å². The lowest BCUT2D eigenvalue weighted by Crippen LogP contribution is -2.07. The minimum atomic E-state index is -3.78. The maximum Gasteiger partial charge on any atom is 0.282 e. The molecule has 0 aliphatic carbocycles. The summed E-state index contributed by atoms with van der Waals surface area (Å²) < 4.78 is 20.9. The minimum absolute atomic E-state index is 0.350. The molecule has 0 radical (unpaired) electrons. The van der Waals surface area contributed by atoms with E-state index in [1.54, 1.807) is 0 Å². The van der Waals surface area contributed by atoms with Crippen LogP contribution in [0.3, 0.4) is 0 Å². The summed E-state index contributed by atoms with van der Waals surface area (Å²) >= 11 is 0. The molecule has 1 heterocycles. The van der Waals surface area contributed by atoms with E-state index >= 15 is 0 Å². The van der Waals surface area contributed by atoms with Gasteiger partial charge in [0.1, 0.15) is 0 Å². The molecule has 0 aliphatic heterocycles. The fourth-order valence-corrected chi connectivity index (χ4v) is 0.952. The number of halogens is 1. The first kappa shape index (κ1) is 7.29. The van der Waals surface area contributed by atoms with Gasteiger partial charge in [0.05, 0.1) is 6.20 Å². The molecule has 8 heteroatoms. The molecule has 0 spiro atoms. The molecule has 0 bridgehead atoms. The fourth-order valence-electron chi connectivity index (χ4n) is 0.372. The molecular weight excluding hydrogens is 180 g/mol. The molecule has 0 atom stereocenters. The molecule has 1 aromatic heterocycles. The Bertz CT molecular complexity index is 329. The molecule has 2 N–H and O–H groups in total. The Kier molecular flexibility index (Phi) is 1.53. The van der Waals surface area contributed by atoms with Crippen LogP contribution in [0.4, 0.5) is 0 Å². The van der Waals surface area contributed by atoms with Gasteiger partial charge in [-0.1, -0.05) is 0 Å². The van der Waals surface area contributed by atoms with E-state index in [0.717, 1.165) is 11.0 Å². The average molecular weight is 183 g/mol. The standard InChI is InChI=1S/C2H3ClN4O2S/c3-10(8,9)2-1-7(4)6-5-2/h1H,4H2. The van der Waals surface area contributed by atoms with E-state index in [1.165, 1.54) is 0 Å². The second-order valence-corrected chi connectivity index (χ2v) is 3.99. The lowest BCUT2D eigenvalue weighted by atomic mass is 10.9. The Morgan fingerprint density at radius 3 is 2.50 bits per heavy atom. The van der Waals surface area contributed by atoms with Gasteiger partial charge >= 0.3 is 0 Å². The van der Waals surface area contributed by atoms with Gasteiger partial charge in [0.2, 0.25) is 5.03 Å². The average Bonchev–Trinajstić information content (AvgIpc) is 2.11. The topological polar surface area (TPSA) is 90.9 Å². The number of hydrogen-bond donors (Lipinski definition) is 1. The van der Waals surface area contributed by atoms with Crippen molar-refractivity contribution in [3.05, 3.63) is 6.20 Å². The van der Waals surface area contributed by atoms with Crippen molar-refractivity contribution in [3.63, 3.8) is 0 Å². The third-order valence-corrected chi connectivity index (χ3v) is 1.90. The normalized spacial score (nSPS) is 11.7. The monoisotopic (exact) mass is 182 g/mol. The van der Waals surface area contributed by atoms with Crippen molar-refractivity contribution in [2.75, 3.05) is 5.84 Å². The van der Waals surface area contributed by atoms with Gasteiger partial charge in [-0.15, -0.1) is 5.10 Å². The number of hydrogen-bond acceptors (Lipinski definition) is 5. The third kappa shape index (κ3) is 1.36. The van der Waals surface area contributed by atoms with Crippen LogP contribution in [0.1, 0.15) is 0 Å². The van der Waals surface area contributed by atoms with Crippen molar-refractivity contribution in [2.24, 2.45) is 0 Å². The quantitative estimate of drug-likeness (QED) is 0.441. The Morgan fingerprint density at radius 2 is 2.30 bits per heavy atom. The van der Waals surface area contributed by atoms with Gasteiger partial charge in [-0.3, -0.25) is 0 Å². The van der Waals surface area contributed by atoms with Gasteiger partial charge in [0.25, 0.3) is 9.05 Å². The lowest BCUT2D eigenvalue weighted by Gasteiger charge is -1.81. The number of nitrogen functional groups attached to an aromatic ring is 1. The number of aromatic nitrogens is 3. The molecule has 1 rings (SSSR count). The zero-order valence-electron chi connectivity index (χ0n) is 4.60. The van der Waals surface area contributed by atoms with Gasteiger partial charge in [0, 0.05) is 10.7 Å². The van der Waals surface area contributed by atoms with Crippen LogP contribution in [-0.2, 0) is 9.05 Å². The molecule has 6 nitrogen and oxygen atoms in total. The van der Waals surface area contributed by atoms with E-state index in [2.05, 4.69) is 10.3 Å². The molecule has 1 aromatic rings. The minimum Gasteiger partial charge on any atom is -0.322 e. The SMILES string of the molecule is Nn1cc(S(=O)(=O)Cl)nn1. The highest BCUT2D eigenvalue weighted by Crippen LogP contribution is 2.08. The fraction of sp³-hybridized carbons (Fsp3) is 0. The van der Waals surface area contributed by atoms with Crippen molar-refractivity contribution >= 4 is 19.7 Å². The summed E-state index contributed by atoms with van der Waals surface area (Å²) in [6, 6.07) is 0. The van der Waals surface area contributed by atoms with Gasteiger partial charge < -0.3 is 5.84 Å². The van der Waals surface area contributed by atoms with E-state index in [0.29, 0.717) is 0 Å². The van der Waals surface area contributed by atoms with Crippen molar-refractivity contribution < 1.29 is 8.42 Å². The van der Waals surface area contributed by atoms with Crippen LogP contribution in [0.15, 0.2) is 11.2 Å². The predicted molar refractivity (Wildman–Crippen MR) is 33.2 cm³/mol. The van der Waals surface area contributed by atoms with E-state index < -0.39 is 9.05 Å². The first-order chi connectivity index (χ1) is 4.50. The Hall–Kier alpha value is -0.820. The summed E-state index contributed by atoms with van der Waals surface area (Å²) in [4.78, 5) is 0.759. The summed E-state index contributed by atoms with van der Waals surface area (Å²) in [5.41, 5.74) is 0. The maximum absolute atomic E-state index is 10.4. The lowest BCUT2D eigenvalue weighted by molar-refractivity contribution is 0.605. The molecule has 0 aliphatic rings. The van der Waals surface area contributed by atoms with Crippen LogP contribution >= 0.6 is 10.7 Å². The largest absolute Gasteiger partial charge is 0.322 e. The van der Waals surface area contributed by atoms with Crippen LogP contribution < -0.4 is 5.84 Å². The maximum atomic E-state index is 10.4. The highest BCUT2D eigenvalue weighted by molar-refractivity contribution is 8.13. The molecule has 10 heavy (non-hydrogen) atoms. The van der Waals surface area contributed by atoms with Gasteiger partial charge in [-0.05, 0) is 5.21 Å². The van der Waals surface area contributed by atoms with Gasteiger partial charge in [-0.25, -0.2) is 8.42 Å². The smallest absolute Gasteiger partial charge is 0.282 e. The van der Waals surface area contributed by atoms with Crippen LogP contribution in [-0.4, -0.2) is 23.5 Å². The molecule has 0 unspecified atom stereocenters. The number of nitrogens with two attached hydrogens (primary N) is 1. The van der Waals surface area contributed by atoms with E-state index in [1.807, 2.05) is 0 Å². The molecule has 0 saturated heterocycles. The van der Waals surface area contributed by atoms with Crippen molar-refractivity contribution in [2.45, 2.75) is 5.03 Å². The Morgan fingerprint density at radius 1 is 1.70 bits per heavy atom. The summed E-state index contributed by atoms with van der Waals surface area (Å²) in [5.74, 6) is 5.00. The molecule has 0 amide bonds. The van der Waals surface area contributed by atoms with Crippen molar-refractivity contribution in [1.82, 2.24) is 15.1 Å². The van der Waals surface area contributed by atoms with Crippen molar-refractivity contribution in [1.29, 1.82) is 0 Å². The molecule has 0 fully saturated rings. The second-order valence-electron chi connectivity index (χ2n) is 1.47. The number of rotatable bonds is 1. The van der Waals surface area contributed by atoms with Crippen LogP contribution in [0.5, 0.6) is 0 Å². The number of nitrogens with zero attached hydrogens (tertiary/aromatic N) is 3. The zero-order valence-corrected chi connectivity index (χ0v) is 6.17. The molecule has 56 valence electrons. The predicted octanol–water partition coefficient (Wildman–Crippen LogP) is -1.08. The third-order valence-electron chi connectivity index (χ3n) is 0.739. The van der Waals surface area contributed by atoms with Gasteiger partial charge in [0.15, 0.2) is 0 Å². The highest BCUT2D eigenvalue weighted by atomic mass is 35.7. The highest BCUT2D eigenvalue weighted by Gasteiger charge is 2.13. The summed E-state index contributed by atoms with van der Waals surface area (Å²) in [7, 11) is 1.09. The second kappa shape index (κ2) is 2.10. The molecule has 0 saturated carbocycles. The van der Waals surface area contributed by atoms with Crippen LogP contribution in [0, 0.1) is 0 Å². The van der Waals surface area contributed by atoms with Gasteiger partial charge in [-0.2, -0.15) is 4.79 Å². The zero-order chi connectivity index (χ0) is 7.78. The molecular formula is C2H3ClN4O2S. The summed E-state index contributed by atoms with van der Waals surface area (Å²) in [5, 5.41) is 5.97. The summed E-state index contributed by atoms with van der Waals surface area (Å²) in [6.45, 7) is 0. The first-order valence-electron chi connectivity index (χ1n) is 2.12. The van der Waals surface area contributed by atoms with E-state index in [9.17, 15) is 8.42 Å². The van der Waals surface area contributed by atoms with E-state index in [-0.39, 0.29) is 5.03 Å². The molecule has 0 aromatic carbocycles. The first-order valence-corrected chi connectivity index (χ1v) is 4.43. The van der Waals surface area contributed by atoms with Crippen LogP contribution in [0.2, 0.25) is 0 Å². The Labute approximate surface area is 61.0 Å². The van der Waals surface area contributed by atoms with Crippen molar-refractivity contribution in [3.8, 4) is 0 Å². The summed E-state index contributed by atoms with van der Waals surface area (Å²) in [6.07, 6.45) is 1.00. The Balaban J connectivity index is 3.21.